The Labute approximate surface area is 129 Å². The second kappa shape index (κ2) is 7.03. The van der Waals surface area contributed by atoms with Gasteiger partial charge >= 0.3 is 5.97 Å². The molecule has 22 heavy (non-hydrogen) atoms. The molecule has 1 aromatic rings. The monoisotopic (exact) mass is 301 g/mol. The van der Waals surface area contributed by atoms with Crippen molar-refractivity contribution in [3.63, 3.8) is 0 Å². The van der Waals surface area contributed by atoms with Crippen molar-refractivity contribution in [3.05, 3.63) is 30.1 Å². The van der Waals surface area contributed by atoms with Crippen molar-refractivity contribution in [3.8, 4) is 6.07 Å². The van der Waals surface area contributed by atoms with Crippen LogP contribution in [-0.4, -0.2) is 41.0 Å². The van der Waals surface area contributed by atoms with Crippen molar-refractivity contribution in [2.24, 2.45) is 0 Å². The van der Waals surface area contributed by atoms with Crippen LogP contribution in [0, 0.1) is 11.3 Å². The molecule has 0 aliphatic heterocycles. The summed E-state index contributed by atoms with van der Waals surface area (Å²) in [5, 5.41) is 9.46. The molecular weight excluding hydrogens is 282 g/mol. The van der Waals surface area contributed by atoms with E-state index in [9.17, 15) is 14.9 Å². The zero-order valence-corrected chi connectivity index (χ0v) is 12.6. The van der Waals surface area contributed by atoms with Gasteiger partial charge in [0.15, 0.2) is 6.61 Å². The van der Waals surface area contributed by atoms with E-state index in [1.807, 2.05) is 0 Å². The molecule has 1 aliphatic rings. The Bertz CT molecular complexity index is 574. The molecule has 0 atom stereocenters. The van der Waals surface area contributed by atoms with Crippen LogP contribution in [0.25, 0.3) is 0 Å². The number of carbonyl (C=O) groups is 2. The van der Waals surface area contributed by atoms with Gasteiger partial charge in [0, 0.05) is 19.4 Å². The summed E-state index contributed by atoms with van der Waals surface area (Å²) in [5.74, 6) is -0.926. The first-order valence-electron chi connectivity index (χ1n) is 7.34. The topological polar surface area (TPSA) is 83.3 Å². The van der Waals surface area contributed by atoms with Gasteiger partial charge in [-0.2, -0.15) is 5.26 Å². The fourth-order valence-electron chi connectivity index (χ4n) is 2.69. The largest absolute Gasteiger partial charge is 0.452 e. The van der Waals surface area contributed by atoms with Crippen LogP contribution in [-0.2, 0) is 9.53 Å². The third-order valence-corrected chi connectivity index (χ3v) is 4.15. The van der Waals surface area contributed by atoms with Crippen LogP contribution in [0.4, 0.5) is 0 Å². The molecule has 1 aliphatic carbocycles. The Morgan fingerprint density at radius 1 is 1.32 bits per heavy atom. The third kappa shape index (κ3) is 3.42. The molecule has 6 nitrogen and oxygen atoms in total. The zero-order chi connectivity index (χ0) is 16.0. The van der Waals surface area contributed by atoms with Crippen LogP contribution in [0.5, 0.6) is 0 Å². The SMILES string of the molecule is CN(C(=O)COC(=O)c1ccncc1)C1(C#N)CCCCC1. The minimum atomic E-state index is -0.765. The summed E-state index contributed by atoms with van der Waals surface area (Å²) in [5.41, 5.74) is -0.420. The summed E-state index contributed by atoms with van der Waals surface area (Å²) >= 11 is 0. The van der Waals surface area contributed by atoms with Crippen molar-refractivity contribution < 1.29 is 14.3 Å². The molecule has 1 amide bonds. The number of hydrogen-bond acceptors (Lipinski definition) is 5. The number of rotatable bonds is 4. The van der Waals surface area contributed by atoms with E-state index in [-0.39, 0.29) is 12.5 Å². The van der Waals surface area contributed by atoms with E-state index in [1.54, 1.807) is 7.05 Å². The smallest absolute Gasteiger partial charge is 0.338 e. The van der Waals surface area contributed by atoms with Crippen LogP contribution in [0.3, 0.4) is 0 Å². The van der Waals surface area contributed by atoms with Crippen molar-refractivity contribution in [1.82, 2.24) is 9.88 Å². The first-order valence-corrected chi connectivity index (χ1v) is 7.34. The average Bonchev–Trinajstić information content (AvgIpc) is 2.60. The predicted octanol–water partition coefficient (Wildman–Crippen LogP) is 1.92. The van der Waals surface area contributed by atoms with E-state index in [4.69, 9.17) is 4.74 Å². The highest BCUT2D eigenvalue weighted by Gasteiger charge is 2.38. The van der Waals surface area contributed by atoms with Crippen molar-refractivity contribution >= 4 is 11.9 Å². The van der Waals surface area contributed by atoms with Gasteiger partial charge in [0.25, 0.3) is 5.91 Å². The molecule has 0 radical (unpaired) electrons. The molecule has 0 saturated heterocycles. The lowest BCUT2D eigenvalue weighted by molar-refractivity contribution is -0.138. The van der Waals surface area contributed by atoms with Gasteiger partial charge in [-0.25, -0.2) is 4.79 Å². The highest BCUT2D eigenvalue weighted by molar-refractivity contribution is 5.91. The van der Waals surface area contributed by atoms with Gasteiger partial charge < -0.3 is 9.64 Å². The van der Waals surface area contributed by atoms with E-state index in [0.29, 0.717) is 18.4 Å². The highest BCUT2D eigenvalue weighted by Crippen LogP contribution is 2.32. The molecule has 1 saturated carbocycles. The molecule has 1 heterocycles. The van der Waals surface area contributed by atoms with E-state index in [1.165, 1.54) is 29.4 Å². The van der Waals surface area contributed by atoms with Crippen LogP contribution in [0.1, 0.15) is 42.5 Å². The summed E-state index contributed by atoms with van der Waals surface area (Å²) in [4.78, 5) is 29.3. The fraction of sp³-hybridized carbons (Fsp3) is 0.500. The number of ether oxygens (including phenoxy) is 1. The lowest BCUT2D eigenvalue weighted by atomic mass is 9.81. The first kappa shape index (κ1) is 16.0. The summed E-state index contributed by atoms with van der Waals surface area (Å²) in [6.07, 6.45) is 7.26. The number of amides is 1. The lowest BCUT2D eigenvalue weighted by Gasteiger charge is -2.38. The first-order chi connectivity index (χ1) is 10.6. The van der Waals surface area contributed by atoms with Crippen LogP contribution >= 0.6 is 0 Å². The third-order valence-electron chi connectivity index (χ3n) is 4.15. The van der Waals surface area contributed by atoms with E-state index in [0.717, 1.165) is 19.3 Å². The zero-order valence-electron chi connectivity index (χ0n) is 12.6. The van der Waals surface area contributed by atoms with Crippen LogP contribution < -0.4 is 0 Å². The number of esters is 1. The molecule has 0 spiro atoms. The number of pyridine rings is 1. The molecule has 0 aromatic carbocycles. The number of hydrogen-bond donors (Lipinski definition) is 0. The molecule has 1 fully saturated rings. The molecule has 0 N–H and O–H groups in total. The highest BCUT2D eigenvalue weighted by atomic mass is 16.5. The summed E-state index contributed by atoms with van der Waals surface area (Å²) in [6, 6.07) is 5.32. The van der Waals surface area contributed by atoms with Crippen molar-refractivity contribution in [2.75, 3.05) is 13.7 Å². The Morgan fingerprint density at radius 2 is 1.95 bits per heavy atom. The van der Waals surface area contributed by atoms with Gasteiger partial charge in [0.2, 0.25) is 0 Å². The number of nitrogens with zero attached hydrogens (tertiary/aromatic N) is 3. The second-order valence-electron chi connectivity index (χ2n) is 5.47. The predicted molar refractivity (Wildman–Crippen MR) is 78.7 cm³/mol. The molecular formula is C16H19N3O3. The van der Waals surface area contributed by atoms with Gasteiger partial charge in [-0.3, -0.25) is 9.78 Å². The average molecular weight is 301 g/mol. The Morgan fingerprint density at radius 3 is 2.55 bits per heavy atom. The number of carbonyl (C=O) groups excluding carboxylic acids is 2. The maximum absolute atomic E-state index is 12.2. The van der Waals surface area contributed by atoms with E-state index in [2.05, 4.69) is 11.1 Å². The quantitative estimate of drug-likeness (QED) is 0.793. The Kier molecular flexibility index (Phi) is 5.10. The van der Waals surface area contributed by atoms with Crippen molar-refractivity contribution in [2.45, 2.75) is 37.6 Å². The molecule has 0 unspecified atom stereocenters. The van der Waals surface area contributed by atoms with Crippen molar-refractivity contribution in [1.29, 1.82) is 5.26 Å². The minimum Gasteiger partial charge on any atom is -0.452 e. The summed E-state index contributed by atoms with van der Waals surface area (Å²) < 4.78 is 5.02. The lowest BCUT2D eigenvalue weighted by Crippen LogP contribution is -2.51. The van der Waals surface area contributed by atoms with Crippen LogP contribution in [0.15, 0.2) is 24.5 Å². The molecule has 0 bridgehead atoms. The molecule has 6 heteroatoms. The van der Waals surface area contributed by atoms with Gasteiger partial charge in [-0.05, 0) is 25.0 Å². The minimum absolute atomic E-state index is 0.345. The fourth-order valence-corrected chi connectivity index (χ4v) is 2.69. The molecule has 1 aromatic heterocycles. The van der Waals surface area contributed by atoms with Gasteiger partial charge in [0.1, 0.15) is 5.54 Å². The number of likely N-dealkylation sites (N-methyl/N-ethyl adjacent to an activating group) is 1. The van der Waals surface area contributed by atoms with Crippen LogP contribution in [0.2, 0.25) is 0 Å². The maximum Gasteiger partial charge on any atom is 0.338 e. The summed E-state index contributed by atoms with van der Waals surface area (Å²) in [7, 11) is 1.61. The second-order valence-corrected chi connectivity index (χ2v) is 5.47. The standard InChI is InChI=1S/C16H19N3O3/c1-19(16(12-17)7-3-2-4-8-16)14(20)11-22-15(21)13-5-9-18-10-6-13/h5-6,9-10H,2-4,7-8,11H2,1H3. The number of nitriles is 1. The van der Waals surface area contributed by atoms with Gasteiger partial charge in [0.05, 0.1) is 11.6 Å². The van der Waals surface area contributed by atoms with E-state index < -0.39 is 11.5 Å². The van der Waals surface area contributed by atoms with E-state index >= 15 is 0 Å². The number of aromatic nitrogens is 1. The Balaban J connectivity index is 1.94. The Hall–Kier alpha value is -2.42. The van der Waals surface area contributed by atoms with Gasteiger partial charge in [-0.15, -0.1) is 0 Å². The molecule has 2 rings (SSSR count). The maximum atomic E-state index is 12.2. The van der Waals surface area contributed by atoms with Gasteiger partial charge in [-0.1, -0.05) is 19.3 Å². The normalized spacial score (nSPS) is 16.4. The molecule has 116 valence electrons. The summed E-state index contributed by atoms with van der Waals surface area (Å²) in [6.45, 7) is -0.360.